The Balaban J connectivity index is 1.97. The number of nitrogens with zero attached hydrogens (tertiary/aromatic N) is 1. The first-order chi connectivity index (χ1) is 9.19. The number of nitrogens with one attached hydrogen (secondary N) is 1. The van der Waals surface area contributed by atoms with Gasteiger partial charge in [0.05, 0.1) is 17.7 Å². The summed E-state index contributed by atoms with van der Waals surface area (Å²) in [6, 6.07) is 4.52. The van der Waals surface area contributed by atoms with E-state index in [4.69, 9.17) is 16.3 Å². The number of hydrogen-bond donors (Lipinski definition) is 1. The van der Waals surface area contributed by atoms with Crippen LogP contribution in [0.5, 0.6) is 0 Å². The Hall–Kier alpha value is -0.780. The van der Waals surface area contributed by atoms with E-state index >= 15 is 0 Å². The molecule has 1 aliphatic heterocycles. The van der Waals surface area contributed by atoms with Crippen LogP contribution in [0.3, 0.4) is 0 Å². The quantitative estimate of drug-likeness (QED) is 0.681. The number of aliphatic imine (C=N–C) groups is 1. The van der Waals surface area contributed by atoms with Crippen LogP contribution in [-0.2, 0) is 4.74 Å². The van der Waals surface area contributed by atoms with Crippen LogP contribution in [0.25, 0.3) is 0 Å². The molecule has 2 rings (SSSR count). The van der Waals surface area contributed by atoms with Gasteiger partial charge >= 0.3 is 0 Å². The molecule has 0 spiro atoms. The lowest BCUT2D eigenvalue weighted by Crippen LogP contribution is -2.14. The highest BCUT2D eigenvalue weighted by Gasteiger charge is 2.14. The van der Waals surface area contributed by atoms with E-state index in [9.17, 15) is 4.39 Å². The zero-order valence-electron chi connectivity index (χ0n) is 10.7. The summed E-state index contributed by atoms with van der Waals surface area (Å²) in [5.41, 5.74) is 0.729. The zero-order valence-corrected chi connectivity index (χ0v) is 12.2. The number of ether oxygens (including phenoxy) is 1. The molecule has 1 heterocycles. The number of anilines is 1. The van der Waals surface area contributed by atoms with E-state index in [0.717, 1.165) is 30.3 Å². The molecule has 0 aliphatic carbocycles. The summed E-state index contributed by atoms with van der Waals surface area (Å²) in [5.74, 6) is -0.422. The third-order valence-corrected chi connectivity index (χ3v) is 3.73. The second kappa shape index (κ2) is 7.12. The van der Waals surface area contributed by atoms with Crippen LogP contribution in [0.4, 0.5) is 10.1 Å². The monoisotopic (exact) mass is 302 g/mol. The normalized spacial score (nSPS) is 19.7. The van der Waals surface area contributed by atoms with Gasteiger partial charge < -0.3 is 10.1 Å². The molecule has 19 heavy (non-hydrogen) atoms. The van der Waals surface area contributed by atoms with Gasteiger partial charge in [0, 0.05) is 12.3 Å². The van der Waals surface area contributed by atoms with Crippen LogP contribution < -0.4 is 5.32 Å². The Morgan fingerprint density at radius 2 is 2.47 bits per heavy atom. The zero-order chi connectivity index (χ0) is 13.7. The van der Waals surface area contributed by atoms with Crippen molar-refractivity contribution in [1.29, 1.82) is 0 Å². The first kappa shape index (κ1) is 14.6. The SMILES string of the molecule is CSC(=NC[C@H]1CCCO1)Nc1ccc(F)c(Cl)c1. The summed E-state index contributed by atoms with van der Waals surface area (Å²) in [5, 5.41) is 4.00. The van der Waals surface area contributed by atoms with E-state index in [-0.39, 0.29) is 11.1 Å². The van der Waals surface area contributed by atoms with E-state index in [0.29, 0.717) is 6.54 Å². The van der Waals surface area contributed by atoms with Crippen molar-refractivity contribution in [3.05, 3.63) is 29.0 Å². The second-order valence-corrected chi connectivity index (χ2v) is 5.44. The van der Waals surface area contributed by atoms with E-state index in [1.54, 1.807) is 12.1 Å². The highest BCUT2D eigenvalue weighted by Crippen LogP contribution is 2.20. The number of hydrogen-bond acceptors (Lipinski definition) is 3. The number of amidine groups is 1. The maximum atomic E-state index is 13.1. The van der Waals surface area contributed by atoms with E-state index < -0.39 is 5.82 Å². The molecule has 3 nitrogen and oxygen atoms in total. The van der Waals surface area contributed by atoms with Crippen LogP contribution in [-0.4, -0.2) is 30.7 Å². The average molecular weight is 303 g/mol. The van der Waals surface area contributed by atoms with Gasteiger partial charge in [-0.25, -0.2) is 4.39 Å². The molecule has 1 N–H and O–H groups in total. The molecule has 1 fully saturated rings. The second-order valence-electron chi connectivity index (χ2n) is 4.24. The molecule has 6 heteroatoms. The van der Waals surface area contributed by atoms with Crippen molar-refractivity contribution < 1.29 is 9.13 Å². The van der Waals surface area contributed by atoms with Crippen molar-refractivity contribution in [3.8, 4) is 0 Å². The molecule has 1 aromatic rings. The van der Waals surface area contributed by atoms with Gasteiger partial charge in [-0.15, -0.1) is 0 Å². The molecule has 1 saturated heterocycles. The molecule has 1 aromatic carbocycles. The van der Waals surface area contributed by atoms with Crippen molar-refractivity contribution in [2.75, 3.05) is 24.7 Å². The van der Waals surface area contributed by atoms with E-state index in [2.05, 4.69) is 10.3 Å². The van der Waals surface area contributed by atoms with Crippen molar-refractivity contribution in [2.24, 2.45) is 4.99 Å². The first-order valence-electron chi connectivity index (χ1n) is 6.11. The van der Waals surface area contributed by atoms with Crippen molar-refractivity contribution in [2.45, 2.75) is 18.9 Å². The van der Waals surface area contributed by atoms with Gasteiger partial charge in [-0.3, -0.25) is 4.99 Å². The number of benzene rings is 1. The fourth-order valence-electron chi connectivity index (χ4n) is 1.83. The lowest BCUT2D eigenvalue weighted by atomic mass is 10.2. The van der Waals surface area contributed by atoms with Gasteiger partial charge in [0.2, 0.25) is 0 Å². The molecule has 0 bridgehead atoms. The Kier molecular flexibility index (Phi) is 5.48. The molecule has 0 aromatic heterocycles. The fraction of sp³-hybridized carbons (Fsp3) is 0.462. The Labute approximate surface area is 121 Å². The largest absolute Gasteiger partial charge is 0.376 e. The number of rotatable bonds is 3. The smallest absolute Gasteiger partial charge is 0.160 e. The Morgan fingerprint density at radius 1 is 1.63 bits per heavy atom. The average Bonchev–Trinajstić information content (AvgIpc) is 2.92. The summed E-state index contributed by atoms with van der Waals surface area (Å²) in [6.45, 7) is 1.48. The van der Waals surface area contributed by atoms with Crippen LogP contribution in [0.1, 0.15) is 12.8 Å². The highest BCUT2D eigenvalue weighted by atomic mass is 35.5. The van der Waals surface area contributed by atoms with Gasteiger partial charge in [0.1, 0.15) is 5.82 Å². The fourth-order valence-corrected chi connectivity index (χ4v) is 2.43. The molecule has 0 saturated carbocycles. The summed E-state index contributed by atoms with van der Waals surface area (Å²) < 4.78 is 18.6. The third-order valence-electron chi connectivity index (χ3n) is 2.83. The predicted octanol–water partition coefficient (Wildman–Crippen LogP) is 3.79. The van der Waals surface area contributed by atoms with E-state index in [1.807, 2.05) is 6.26 Å². The molecule has 0 unspecified atom stereocenters. The standard InChI is InChI=1S/C13H16ClFN2OS/c1-19-13(16-8-10-3-2-6-18-10)17-9-4-5-12(15)11(14)7-9/h4-5,7,10H,2-3,6,8H2,1H3,(H,16,17)/t10-/m1/s1. The minimum absolute atomic E-state index is 0.101. The maximum Gasteiger partial charge on any atom is 0.160 e. The van der Waals surface area contributed by atoms with Crippen LogP contribution in [0, 0.1) is 5.82 Å². The number of halogens is 2. The Bertz CT molecular complexity index is 464. The minimum atomic E-state index is -0.422. The van der Waals surface area contributed by atoms with E-state index in [1.165, 1.54) is 17.8 Å². The summed E-state index contributed by atoms with van der Waals surface area (Å²) in [6.07, 6.45) is 4.33. The molecule has 0 amide bonds. The predicted molar refractivity (Wildman–Crippen MR) is 79.8 cm³/mol. The van der Waals surface area contributed by atoms with Crippen LogP contribution >= 0.6 is 23.4 Å². The summed E-state index contributed by atoms with van der Waals surface area (Å²) in [7, 11) is 0. The van der Waals surface area contributed by atoms with Crippen LogP contribution in [0.15, 0.2) is 23.2 Å². The molecule has 104 valence electrons. The lowest BCUT2D eigenvalue weighted by molar-refractivity contribution is 0.118. The first-order valence-corrected chi connectivity index (χ1v) is 7.71. The molecule has 1 aliphatic rings. The lowest BCUT2D eigenvalue weighted by Gasteiger charge is -2.10. The highest BCUT2D eigenvalue weighted by molar-refractivity contribution is 8.13. The van der Waals surface area contributed by atoms with Gasteiger partial charge in [0.25, 0.3) is 0 Å². The third kappa shape index (κ3) is 4.37. The number of thioether (sulfide) groups is 1. The molecular formula is C13H16ClFN2OS. The van der Waals surface area contributed by atoms with Gasteiger partial charge in [-0.1, -0.05) is 23.4 Å². The summed E-state index contributed by atoms with van der Waals surface area (Å²) >= 11 is 7.24. The van der Waals surface area contributed by atoms with Gasteiger partial charge in [-0.05, 0) is 37.3 Å². The van der Waals surface area contributed by atoms with Crippen LogP contribution in [0.2, 0.25) is 5.02 Å². The van der Waals surface area contributed by atoms with Crippen molar-refractivity contribution >= 4 is 34.2 Å². The van der Waals surface area contributed by atoms with Gasteiger partial charge in [-0.2, -0.15) is 0 Å². The molecular weight excluding hydrogens is 287 g/mol. The Morgan fingerprint density at radius 3 is 3.11 bits per heavy atom. The van der Waals surface area contributed by atoms with Crippen molar-refractivity contribution in [3.63, 3.8) is 0 Å². The van der Waals surface area contributed by atoms with Gasteiger partial charge in [0.15, 0.2) is 5.17 Å². The molecule has 1 atom stereocenters. The summed E-state index contributed by atoms with van der Waals surface area (Å²) in [4.78, 5) is 4.48. The van der Waals surface area contributed by atoms with Crippen molar-refractivity contribution in [1.82, 2.24) is 0 Å². The maximum absolute atomic E-state index is 13.1. The minimum Gasteiger partial charge on any atom is -0.376 e. The molecule has 0 radical (unpaired) electrons. The topological polar surface area (TPSA) is 33.6 Å².